The van der Waals surface area contributed by atoms with Gasteiger partial charge in [-0.3, -0.25) is 5.32 Å². The van der Waals surface area contributed by atoms with Crippen LogP contribution in [0.15, 0.2) is 18.2 Å². The lowest BCUT2D eigenvalue weighted by molar-refractivity contribution is 0.0636. The average Bonchev–Trinajstić information content (AvgIpc) is 2.09. The van der Waals surface area contributed by atoms with Crippen LogP contribution in [-0.2, 0) is 4.74 Å². The number of nitrogens with one attached hydrogen (secondary N) is 1. The van der Waals surface area contributed by atoms with Crippen molar-refractivity contribution in [2.45, 2.75) is 33.3 Å². The van der Waals surface area contributed by atoms with E-state index in [9.17, 15) is 4.79 Å². The van der Waals surface area contributed by atoms with Gasteiger partial charge in [-0.1, -0.05) is 23.7 Å². The molecule has 1 N–H and O–H groups in total. The number of benzene rings is 1. The number of anilines is 1. The summed E-state index contributed by atoms with van der Waals surface area (Å²) in [6, 6.07) is 5.44. The van der Waals surface area contributed by atoms with E-state index in [0.29, 0.717) is 10.7 Å². The molecule has 1 amide bonds. The van der Waals surface area contributed by atoms with E-state index in [1.165, 1.54) is 0 Å². The second-order valence-corrected chi connectivity index (χ2v) is 4.94. The molecule has 0 saturated carbocycles. The zero-order valence-electron chi connectivity index (χ0n) is 9.93. The Balaban J connectivity index is 2.74. The molecule has 0 fully saturated rings. The van der Waals surface area contributed by atoms with Crippen LogP contribution < -0.4 is 5.32 Å². The van der Waals surface area contributed by atoms with E-state index < -0.39 is 11.7 Å². The zero-order valence-corrected chi connectivity index (χ0v) is 10.7. The summed E-state index contributed by atoms with van der Waals surface area (Å²) in [6.07, 6.45) is -0.500. The first kappa shape index (κ1) is 12.8. The molecule has 16 heavy (non-hydrogen) atoms. The van der Waals surface area contributed by atoms with E-state index in [0.717, 1.165) is 5.56 Å². The van der Waals surface area contributed by atoms with Crippen LogP contribution in [0, 0.1) is 6.92 Å². The van der Waals surface area contributed by atoms with Gasteiger partial charge in [-0.25, -0.2) is 4.79 Å². The second kappa shape index (κ2) is 4.74. The molecule has 0 aliphatic rings. The van der Waals surface area contributed by atoms with Gasteiger partial charge in [0.25, 0.3) is 0 Å². The molecule has 88 valence electrons. The molecule has 1 rings (SSSR count). The monoisotopic (exact) mass is 241 g/mol. The lowest BCUT2D eigenvalue weighted by Gasteiger charge is -2.20. The maximum absolute atomic E-state index is 11.5. The molecule has 0 aliphatic carbocycles. The number of amides is 1. The van der Waals surface area contributed by atoms with Crippen LogP contribution in [0.3, 0.4) is 0 Å². The standard InChI is InChI=1S/C12H16ClNO2/c1-8-6-5-7-9(10(8)13)14-11(15)16-12(2,3)4/h5-7H,1-4H3,(H,14,15). The van der Waals surface area contributed by atoms with Crippen molar-refractivity contribution in [3.63, 3.8) is 0 Å². The average molecular weight is 242 g/mol. The number of hydrogen-bond acceptors (Lipinski definition) is 2. The molecular formula is C12H16ClNO2. The highest BCUT2D eigenvalue weighted by Gasteiger charge is 2.17. The van der Waals surface area contributed by atoms with Crippen molar-refractivity contribution in [1.29, 1.82) is 0 Å². The fourth-order valence-corrected chi connectivity index (χ4v) is 1.33. The SMILES string of the molecule is Cc1cccc(NC(=O)OC(C)(C)C)c1Cl. The summed E-state index contributed by atoms with van der Waals surface area (Å²) in [6.45, 7) is 7.31. The fraction of sp³-hybridized carbons (Fsp3) is 0.417. The van der Waals surface area contributed by atoms with E-state index >= 15 is 0 Å². The van der Waals surface area contributed by atoms with Crippen LogP contribution in [-0.4, -0.2) is 11.7 Å². The maximum Gasteiger partial charge on any atom is 0.412 e. The summed E-state index contributed by atoms with van der Waals surface area (Å²) in [5.41, 5.74) is 0.964. The molecule has 0 bridgehead atoms. The van der Waals surface area contributed by atoms with Gasteiger partial charge in [-0.05, 0) is 39.3 Å². The first-order valence-corrected chi connectivity index (χ1v) is 5.42. The Morgan fingerprint density at radius 1 is 1.38 bits per heavy atom. The van der Waals surface area contributed by atoms with Gasteiger partial charge in [-0.2, -0.15) is 0 Å². The molecule has 0 heterocycles. The van der Waals surface area contributed by atoms with Gasteiger partial charge in [0.2, 0.25) is 0 Å². The van der Waals surface area contributed by atoms with Crippen molar-refractivity contribution in [3.05, 3.63) is 28.8 Å². The molecule has 4 heteroatoms. The Bertz CT molecular complexity index is 396. The third kappa shape index (κ3) is 3.74. The van der Waals surface area contributed by atoms with Gasteiger partial charge in [0.15, 0.2) is 0 Å². The minimum atomic E-state index is -0.514. The highest BCUT2D eigenvalue weighted by atomic mass is 35.5. The van der Waals surface area contributed by atoms with Gasteiger partial charge in [0.05, 0.1) is 10.7 Å². The number of rotatable bonds is 1. The summed E-state index contributed by atoms with van der Waals surface area (Å²) >= 11 is 6.04. The van der Waals surface area contributed by atoms with E-state index in [1.54, 1.807) is 6.07 Å². The van der Waals surface area contributed by atoms with E-state index in [1.807, 2.05) is 39.8 Å². The largest absolute Gasteiger partial charge is 0.444 e. The third-order valence-electron chi connectivity index (χ3n) is 1.83. The molecule has 0 unspecified atom stereocenters. The molecule has 0 radical (unpaired) electrons. The molecule has 0 aliphatic heterocycles. The summed E-state index contributed by atoms with van der Waals surface area (Å²) in [7, 11) is 0. The van der Waals surface area contributed by atoms with Crippen molar-refractivity contribution >= 4 is 23.4 Å². The van der Waals surface area contributed by atoms with Crippen LogP contribution in [0.25, 0.3) is 0 Å². The second-order valence-electron chi connectivity index (χ2n) is 4.56. The van der Waals surface area contributed by atoms with Gasteiger partial charge in [0.1, 0.15) is 5.60 Å². The van der Waals surface area contributed by atoms with Crippen LogP contribution in [0.4, 0.5) is 10.5 Å². The molecular weight excluding hydrogens is 226 g/mol. The summed E-state index contributed by atoms with van der Waals surface area (Å²) in [4.78, 5) is 11.5. The summed E-state index contributed by atoms with van der Waals surface area (Å²) < 4.78 is 5.13. The predicted molar refractivity (Wildman–Crippen MR) is 66.0 cm³/mol. The molecule has 0 atom stereocenters. The highest BCUT2D eigenvalue weighted by molar-refractivity contribution is 6.34. The van der Waals surface area contributed by atoms with Crippen LogP contribution in [0.5, 0.6) is 0 Å². The lowest BCUT2D eigenvalue weighted by atomic mass is 10.2. The first-order chi connectivity index (χ1) is 7.29. The predicted octanol–water partition coefficient (Wildman–Crippen LogP) is 4.00. The maximum atomic E-state index is 11.5. The normalized spacial score (nSPS) is 11.1. The number of halogens is 1. The van der Waals surface area contributed by atoms with E-state index in [2.05, 4.69) is 5.32 Å². The zero-order chi connectivity index (χ0) is 12.3. The van der Waals surface area contributed by atoms with Crippen molar-refractivity contribution in [3.8, 4) is 0 Å². The fourth-order valence-electron chi connectivity index (χ4n) is 1.16. The molecule has 0 saturated heterocycles. The molecule has 0 spiro atoms. The quantitative estimate of drug-likeness (QED) is 0.807. The van der Waals surface area contributed by atoms with E-state index in [-0.39, 0.29) is 0 Å². The minimum absolute atomic E-state index is 0.500. The van der Waals surface area contributed by atoms with Gasteiger partial charge in [0, 0.05) is 0 Å². The van der Waals surface area contributed by atoms with Gasteiger partial charge in [-0.15, -0.1) is 0 Å². The highest BCUT2D eigenvalue weighted by Crippen LogP contribution is 2.25. The Morgan fingerprint density at radius 3 is 2.56 bits per heavy atom. The van der Waals surface area contributed by atoms with Crippen molar-refractivity contribution in [1.82, 2.24) is 0 Å². The Morgan fingerprint density at radius 2 is 2.00 bits per heavy atom. The number of aryl methyl sites for hydroxylation is 1. The molecule has 1 aromatic rings. The van der Waals surface area contributed by atoms with Crippen LogP contribution in [0.1, 0.15) is 26.3 Å². The lowest BCUT2D eigenvalue weighted by Crippen LogP contribution is -2.27. The Kier molecular flexibility index (Phi) is 3.81. The molecule has 0 aromatic heterocycles. The van der Waals surface area contributed by atoms with Crippen molar-refractivity contribution in [2.24, 2.45) is 0 Å². The number of hydrogen-bond donors (Lipinski definition) is 1. The first-order valence-electron chi connectivity index (χ1n) is 5.05. The molecule has 1 aromatic carbocycles. The smallest absolute Gasteiger partial charge is 0.412 e. The van der Waals surface area contributed by atoms with Gasteiger partial charge < -0.3 is 4.74 Å². The Hall–Kier alpha value is -1.22. The van der Waals surface area contributed by atoms with Crippen LogP contribution in [0.2, 0.25) is 5.02 Å². The molecule has 3 nitrogen and oxygen atoms in total. The number of carbonyl (C=O) groups is 1. The van der Waals surface area contributed by atoms with Crippen molar-refractivity contribution in [2.75, 3.05) is 5.32 Å². The van der Waals surface area contributed by atoms with E-state index in [4.69, 9.17) is 16.3 Å². The topological polar surface area (TPSA) is 38.3 Å². The van der Waals surface area contributed by atoms with Crippen LogP contribution >= 0.6 is 11.6 Å². The minimum Gasteiger partial charge on any atom is -0.444 e. The summed E-state index contributed by atoms with van der Waals surface area (Å²) in [5.74, 6) is 0. The number of carbonyl (C=O) groups excluding carboxylic acids is 1. The Labute approximate surface area is 101 Å². The van der Waals surface area contributed by atoms with Gasteiger partial charge >= 0.3 is 6.09 Å². The number of ether oxygens (including phenoxy) is 1. The summed E-state index contributed by atoms with van der Waals surface area (Å²) in [5, 5.41) is 3.15. The third-order valence-corrected chi connectivity index (χ3v) is 2.33. The van der Waals surface area contributed by atoms with Crippen molar-refractivity contribution < 1.29 is 9.53 Å².